The lowest BCUT2D eigenvalue weighted by Gasteiger charge is -2.12. The molecule has 1 aliphatic heterocycles. The molecule has 0 saturated carbocycles. The Labute approximate surface area is 84.1 Å². The fraction of sp³-hybridized carbons (Fsp3) is 0.375. The summed E-state index contributed by atoms with van der Waals surface area (Å²) in [7, 11) is 0. The average Bonchev–Trinajstić information content (AvgIpc) is 2.53. The summed E-state index contributed by atoms with van der Waals surface area (Å²) in [5, 5.41) is 7.75. The van der Waals surface area contributed by atoms with Gasteiger partial charge in [0.15, 0.2) is 5.82 Å². The van der Waals surface area contributed by atoms with Crippen LogP contribution < -0.4 is 4.90 Å². The SMILES string of the molecule is O=C1CCCN1c1ccc(Br)nn1. The Bertz CT molecular complexity index is 325. The van der Waals surface area contributed by atoms with Crippen molar-refractivity contribution in [3.8, 4) is 0 Å². The third-order valence-corrected chi connectivity index (χ3v) is 2.39. The number of carbonyl (C=O) groups excluding carboxylic acids is 1. The van der Waals surface area contributed by atoms with E-state index in [4.69, 9.17) is 0 Å². The molecule has 0 bridgehead atoms. The van der Waals surface area contributed by atoms with Crippen molar-refractivity contribution in [2.24, 2.45) is 0 Å². The molecule has 13 heavy (non-hydrogen) atoms. The number of hydrogen-bond donors (Lipinski definition) is 0. The lowest BCUT2D eigenvalue weighted by atomic mass is 10.4. The van der Waals surface area contributed by atoms with Crippen LogP contribution in [0.1, 0.15) is 12.8 Å². The normalized spacial score (nSPS) is 16.7. The molecule has 0 aliphatic carbocycles. The second-order valence-electron chi connectivity index (χ2n) is 2.86. The van der Waals surface area contributed by atoms with Gasteiger partial charge in [0.1, 0.15) is 4.60 Å². The van der Waals surface area contributed by atoms with Crippen LogP contribution in [0.2, 0.25) is 0 Å². The molecule has 0 radical (unpaired) electrons. The van der Waals surface area contributed by atoms with E-state index in [-0.39, 0.29) is 5.91 Å². The van der Waals surface area contributed by atoms with E-state index in [1.54, 1.807) is 17.0 Å². The van der Waals surface area contributed by atoms with Crippen LogP contribution in [0.3, 0.4) is 0 Å². The van der Waals surface area contributed by atoms with Gasteiger partial charge in [0, 0.05) is 13.0 Å². The van der Waals surface area contributed by atoms with Crippen molar-refractivity contribution >= 4 is 27.7 Å². The number of aromatic nitrogens is 2. The van der Waals surface area contributed by atoms with Gasteiger partial charge in [-0.3, -0.25) is 9.69 Å². The molecular weight excluding hydrogens is 234 g/mol. The Morgan fingerprint density at radius 3 is 2.77 bits per heavy atom. The summed E-state index contributed by atoms with van der Waals surface area (Å²) in [6.45, 7) is 0.759. The molecule has 1 aromatic heterocycles. The number of nitrogens with zero attached hydrogens (tertiary/aromatic N) is 3. The first-order chi connectivity index (χ1) is 6.27. The molecule has 0 aromatic carbocycles. The van der Waals surface area contributed by atoms with Gasteiger partial charge in [-0.2, -0.15) is 0 Å². The smallest absolute Gasteiger partial charge is 0.228 e. The predicted molar refractivity (Wildman–Crippen MR) is 51.3 cm³/mol. The first-order valence-corrected chi connectivity index (χ1v) is 4.86. The van der Waals surface area contributed by atoms with E-state index in [0.29, 0.717) is 16.8 Å². The summed E-state index contributed by atoms with van der Waals surface area (Å²) < 4.78 is 0.683. The number of rotatable bonds is 1. The minimum atomic E-state index is 0.136. The first-order valence-electron chi connectivity index (χ1n) is 4.07. The summed E-state index contributed by atoms with van der Waals surface area (Å²) in [6.07, 6.45) is 1.54. The van der Waals surface area contributed by atoms with E-state index < -0.39 is 0 Å². The van der Waals surface area contributed by atoms with Gasteiger partial charge >= 0.3 is 0 Å². The molecule has 1 fully saturated rings. The Morgan fingerprint density at radius 2 is 2.23 bits per heavy atom. The van der Waals surface area contributed by atoms with Gasteiger partial charge in [-0.1, -0.05) is 0 Å². The zero-order valence-corrected chi connectivity index (χ0v) is 8.49. The molecular formula is C8H8BrN3O. The van der Waals surface area contributed by atoms with Gasteiger partial charge in [0.25, 0.3) is 0 Å². The fourth-order valence-corrected chi connectivity index (χ4v) is 1.55. The van der Waals surface area contributed by atoms with E-state index in [9.17, 15) is 4.79 Å². The number of anilines is 1. The van der Waals surface area contributed by atoms with Gasteiger partial charge in [0.2, 0.25) is 5.91 Å². The standard InChI is InChI=1S/C8H8BrN3O/c9-6-3-4-7(11-10-6)12-5-1-2-8(12)13/h3-4H,1-2,5H2. The van der Waals surface area contributed by atoms with Crippen LogP contribution in [-0.2, 0) is 4.79 Å². The molecule has 1 aliphatic rings. The summed E-state index contributed by atoms with van der Waals surface area (Å²) in [6, 6.07) is 3.58. The third kappa shape index (κ3) is 1.70. The molecule has 1 aromatic rings. The molecule has 68 valence electrons. The molecule has 0 unspecified atom stereocenters. The fourth-order valence-electron chi connectivity index (χ4n) is 1.34. The third-order valence-electron chi connectivity index (χ3n) is 1.97. The van der Waals surface area contributed by atoms with Crippen molar-refractivity contribution in [1.82, 2.24) is 10.2 Å². The van der Waals surface area contributed by atoms with Gasteiger partial charge in [-0.15, -0.1) is 10.2 Å². The zero-order valence-electron chi connectivity index (χ0n) is 6.90. The number of amides is 1. The van der Waals surface area contributed by atoms with Gasteiger partial charge in [-0.05, 0) is 34.5 Å². The Balaban J connectivity index is 2.25. The molecule has 4 nitrogen and oxygen atoms in total. The summed E-state index contributed by atoms with van der Waals surface area (Å²) in [5.41, 5.74) is 0. The predicted octanol–water partition coefficient (Wildman–Crippen LogP) is 1.37. The maximum absolute atomic E-state index is 11.3. The van der Waals surface area contributed by atoms with E-state index in [1.807, 2.05) is 0 Å². The second-order valence-corrected chi connectivity index (χ2v) is 3.68. The van der Waals surface area contributed by atoms with Crippen molar-refractivity contribution in [3.63, 3.8) is 0 Å². The Kier molecular flexibility index (Phi) is 2.26. The number of carbonyl (C=O) groups is 1. The second kappa shape index (κ2) is 3.41. The summed E-state index contributed by atoms with van der Waals surface area (Å²) in [4.78, 5) is 13.0. The Hall–Kier alpha value is -0.970. The van der Waals surface area contributed by atoms with Crippen molar-refractivity contribution in [2.45, 2.75) is 12.8 Å². The highest BCUT2D eigenvalue weighted by Crippen LogP contribution is 2.18. The van der Waals surface area contributed by atoms with Crippen molar-refractivity contribution in [1.29, 1.82) is 0 Å². The molecule has 0 spiro atoms. The minimum Gasteiger partial charge on any atom is -0.295 e. The zero-order chi connectivity index (χ0) is 9.26. The van der Waals surface area contributed by atoms with Gasteiger partial charge in [-0.25, -0.2) is 0 Å². The van der Waals surface area contributed by atoms with Crippen LogP contribution in [0.5, 0.6) is 0 Å². The lowest BCUT2D eigenvalue weighted by molar-refractivity contribution is -0.117. The molecule has 1 saturated heterocycles. The van der Waals surface area contributed by atoms with E-state index in [0.717, 1.165) is 13.0 Å². The highest BCUT2D eigenvalue weighted by molar-refractivity contribution is 9.10. The van der Waals surface area contributed by atoms with Crippen molar-refractivity contribution in [3.05, 3.63) is 16.7 Å². The maximum atomic E-state index is 11.3. The minimum absolute atomic E-state index is 0.136. The average molecular weight is 242 g/mol. The number of halogens is 1. The molecule has 0 atom stereocenters. The van der Waals surface area contributed by atoms with Crippen LogP contribution in [0.25, 0.3) is 0 Å². The monoisotopic (exact) mass is 241 g/mol. The van der Waals surface area contributed by atoms with E-state index >= 15 is 0 Å². The maximum Gasteiger partial charge on any atom is 0.228 e. The lowest BCUT2D eigenvalue weighted by Crippen LogP contribution is -2.24. The largest absolute Gasteiger partial charge is 0.295 e. The Morgan fingerprint density at radius 1 is 1.38 bits per heavy atom. The molecule has 0 N–H and O–H groups in total. The highest BCUT2D eigenvalue weighted by atomic mass is 79.9. The van der Waals surface area contributed by atoms with Crippen LogP contribution >= 0.6 is 15.9 Å². The topological polar surface area (TPSA) is 46.1 Å². The summed E-state index contributed by atoms with van der Waals surface area (Å²) >= 11 is 3.19. The van der Waals surface area contributed by atoms with E-state index in [2.05, 4.69) is 26.1 Å². The molecule has 2 heterocycles. The van der Waals surface area contributed by atoms with E-state index in [1.165, 1.54) is 0 Å². The first kappa shape index (κ1) is 8.62. The molecule has 5 heteroatoms. The number of hydrogen-bond acceptors (Lipinski definition) is 3. The summed E-state index contributed by atoms with van der Waals surface area (Å²) in [5.74, 6) is 0.780. The van der Waals surface area contributed by atoms with Gasteiger partial charge < -0.3 is 0 Å². The van der Waals surface area contributed by atoms with Crippen LogP contribution in [0.4, 0.5) is 5.82 Å². The van der Waals surface area contributed by atoms with Gasteiger partial charge in [0.05, 0.1) is 0 Å². The molecule has 2 rings (SSSR count). The molecule has 1 amide bonds. The van der Waals surface area contributed by atoms with Crippen molar-refractivity contribution in [2.75, 3.05) is 11.4 Å². The quantitative estimate of drug-likeness (QED) is 0.747. The highest BCUT2D eigenvalue weighted by Gasteiger charge is 2.22. The van der Waals surface area contributed by atoms with Crippen LogP contribution in [0.15, 0.2) is 16.7 Å². The van der Waals surface area contributed by atoms with Crippen LogP contribution in [-0.4, -0.2) is 22.6 Å². The van der Waals surface area contributed by atoms with Crippen molar-refractivity contribution < 1.29 is 4.79 Å². The van der Waals surface area contributed by atoms with Crippen LogP contribution in [0, 0.1) is 0 Å².